The van der Waals surface area contributed by atoms with Gasteiger partial charge in [-0.2, -0.15) is 9.78 Å². The van der Waals surface area contributed by atoms with Gasteiger partial charge in [0.05, 0.1) is 16.8 Å². The molecule has 0 atom stereocenters. The Hall–Kier alpha value is -3.54. The Kier molecular flexibility index (Phi) is 3.70. The smallest absolute Gasteiger partial charge is 0.258 e. The van der Waals surface area contributed by atoms with E-state index in [1.54, 1.807) is 23.0 Å². The van der Waals surface area contributed by atoms with Gasteiger partial charge in [0.25, 0.3) is 5.91 Å². The first-order chi connectivity index (χ1) is 12.2. The maximum absolute atomic E-state index is 12.4. The molecule has 0 radical (unpaired) electrons. The van der Waals surface area contributed by atoms with Crippen molar-refractivity contribution in [3.63, 3.8) is 0 Å². The van der Waals surface area contributed by atoms with Crippen LogP contribution in [0.4, 0.5) is 5.82 Å². The van der Waals surface area contributed by atoms with Gasteiger partial charge in [0.2, 0.25) is 0 Å². The number of anilines is 1. The van der Waals surface area contributed by atoms with Crippen molar-refractivity contribution >= 4 is 22.6 Å². The Labute approximate surface area is 144 Å². The van der Waals surface area contributed by atoms with E-state index in [2.05, 4.69) is 20.4 Å². The standard InChI is InChI=1S/C19H15N5O/c1-13-11-18(22-19(25)15-6-4-10-20-12-15)24(23-13)17-9-8-14-5-2-3-7-16(14)21-17/h2-12H,1H3,(H,22,25). The second kappa shape index (κ2) is 6.16. The van der Waals surface area contributed by atoms with E-state index < -0.39 is 0 Å². The summed E-state index contributed by atoms with van der Waals surface area (Å²) in [5.74, 6) is 0.970. The quantitative estimate of drug-likeness (QED) is 0.625. The van der Waals surface area contributed by atoms with E-state index in [-0.39, 0.29) is 5.91 Å². The van der Waals surface area contributed by atoms with E-state index in [0.29, 0.717) is 17.2 Å². The van der Waals surface area contributed by atoms with Crippen molar-refractivity contribution in [2.75, 3.05) is 5.32 Å². The number of hydrogen-bond donors (Lipinski definition) is 1. The van der Waals surface area contributed by atoms with Crippen LogP contribution in [0, 0.1) is 6.92 Å². The summed E-state index contributed by atoms with van der Waals surface area (Å²) in [5.41, 5.74) is 2.15. The molecule has 0 fully saturated rings. The fourth-order valence-electron chi connectivity index (χ4n) is 2.62. The lowest BCUT2D eigenvalue weighted by atomic mass is 10.2. The molecule has 0 saturated heterocycles. The minimum absolute atomic E-state index is 0.241. The highest BCUT2D eigenvalue weighted by Gasteiger charge is 2.13. The number of para-hydroxylation sites is 1. The molecule has 1 aromatic carbocycles. The maximum atomic E-state index is 12.4. The summed E-state index contributed by atoms with van der Waals surface area (Å²) in [6, 6.07) is 17.0. The van der Waals surface area contributed by atoms with Crippen molar-refractivity contribution in [1.82, 2.24) is 19.7 Å². The third kappa shape index (κ3) is 2.97. The molecule has 4 aromatic rings. The van der Waals surface area contributed by atoms with E-state index in [4.69, 9.17) is 0 Å². The van der Waals surface area contributed by atoms with Crippen LogP contribution in [0.15, 0.2) is 67.0 Å². The number of carbonyl (C=O) groups excluding carboxylic acids is 1. The van der Waals surface area contributed by atoms with Gasteiger partial charge in [-0.25, -0.2) is 4.98 Å². The first kappa shape index (κ1) is 15.0. The van der Waals surface area contributed by atoms with E-state index in [9.17, 15) is 4.79 Å². The number of nitrogens with zero attached hydrogens (tertiary/aromatic N) is 4. The van der Waals surface area contributed by atoms with E-state index in [1.807, 2.05) is 49.4 Å². The average molecular weight is 329 g/mol. The highest BCUT2D eigenvalue weighted by Crippen LogP contribution is 2.19. The zero-order chi connectivity index (χ0) is 17.2. The van der Waals surface area contributed by atoms with Crippen LogP contribution in [0.3, 0.4) is 0 Å². The summed E-state index contributed by atoms with van der Waals surface area (Å²) < 4.78 is 1.63. The Balaban J connectivity index is 1.72. The van der Waals surface area contributed by atoms with Crippen molar-refractivity contribution in [3.05, 3.63) is 78.2 Å². The molecule has 1 N–H and O–H groups in total. The molecule has 6 nitrogen and oxygen atoms in total. The summed E-state index contributed by atoms with van der Waals surface area (Å²) >= 11 is 0. The fraction of sp³-hybridized carbons (Fsp3) is 0.0526. The number of hydrogen-bond acceptors (Lipinski definition) is 4. The predicted molar refractivity (Wildman–Crippen MR) is 95.8 cm³/mol. The van der Waals surface area contributed by atoms with Crippen LogP contribution in [-0.2, 0) is 0 Å². The highest BCUT2D eigenvalue weighted by atomic mass is 16.1. The first-order valence-electron chi connectivity index (χ1n) is 7.85. The summed E-state index contributed by atoms with van der Waals surface area (Å²) in [4.78, 5) is 21.0. The zero-order valence-electron chi connectivity index (χ0n) is 13.5. The second-order valence-corrected chi connectivity index (χ2v) is 5.64. The number of pyridine rings is 2. The molecular formula is C19H15N5O. The Morgan fingerprint density at radius 1 is 1.08 bits per heavy atom. The lowest BCUT2D eigenvalue weighted by Gasteiger charge is -2.09. The minimum atomic E-state index is -0.241. The fourth-order valence-corrected chi connectivity index (χ4v) is 2.62. The van der Waals surface area contributed by atoms with Crippen LogP contribution in [0.1, 0.15) is 16.1 Å². The van der Waals surface area contributed by atoms with Gasteiger partial charge in [0.1, 0.15) is 5.82 Å². The predicted octanol–water partition coefficient (Wildman–Crippen LogP) is 3.38. The van der Waals surface area contributed by atoms with Crippen molar-refractivity contribution < 1.29 is 4.79 Å². The third-order valence-corrected chi connectivity index (χ3v) is 3.80. The Bertz CT molecular complexity index is 1060. The average Bonchev–Trinajstić information content (AvgIpc) is 3.02. The molecule has 6 heteroatoms. The summed E-state index contributed by atoms with van der Waals surface area (Å²) in [5, 5.41) is 8.39. The van der Waals surface area contributed by atoms with Crippen molar-refractivity contribution in [2.45, 2.75) is 6.92 Å². The van der Waals surface area contributed by atoms with Gasteiger partial charge in [0.15, 0.2) is 5.82 Å². The molecule has 0 unspecified atom stereocenters. The Morgan fingerprint density at radius 3 is 2.80 bits per heavy atom. The van der Waals surface area contributed by atoms with Gasteiger partial charge in [-0.15, -0.1) is 0 Å². The maximum Gasteiger partial charge on any atom is 0.258 e. The largest absolute Gasteiger partial charge is 0.306 e. The van der Waals surface area contributed by atoms with Crippen molar-refractivity contribution in [3.8, 4) is 5.82 Å². The molecule has 0 bridgehead atoms. The summed E-state index contributed by atoms with van der Waals surface area (Å²) in [6.07, 6.45) is 3.15. The zero-order valence-corrected chi connectivity index (χ0v) is 13.5. The van der Waals surface area contributed by atoms with Crippen LogP contribution in [-0.4, -0.2) is 25.7 Å². The highest BCUT2D eigenvalue weighted by molar-refractivity contribution is 6.03. The van der Waals surface area contributed by atoms with Gasteiger partial charge in [0, 0.05) is 23.8 Å². The number of amides is 1. The molecule has 122 valence electrons. The van der Waals surface area contributed by atoms with E-state index in [1.165, 1.54) is 6.20 Å². The molecule has 4 rings (SSSR count). The second-order valence-electron chi connectivity index (χ2n) is 5.64. The number of aryl methyl sites for hydroxylation is 1. The Morgan fingerprint density at radius 2 is 1.96 bits per heavy atom. The van der Waals surface area contributed by atoms with Gasteiger partial charge >= 0.3 is 0 Å². The van der Waals surface area contributed by atoms with Crippen LogP contribution >= 0.6 is 0 Å². The monoisotopic (exact) mass is 329 g/mol. The van der Waals surface area contributed by atoms with Crippen LogP contribution in [0.5, 0.6) is 0 Å². The number of carbonyl (C=O) groups is 1. The van der Waals surface area contributed by atoms with Crippen LogP contribution < -0.4 is 5.32 Å². The normalized spacial score (nSPS) is 10.8. The topological polar surface area (TPSA) is 72.7 Å². The summed E-state index contributed by atoms with van der Waals surface area (Å²) in [7, 11) is 0. The van der Waals surface area contributed by atoms with Crippen LogP contribution in [0.2, 0.25) is 0 Å². The van der Waals surface area contributed by atoms with Crippen LogP contribution in [0.25, 0.3) is 16.7 Å². The molecule has 0 aliphatic heterocycles. The molecule has 0 saturated carbocycles. The minimum Gasteiger partial charge on any atom is -0.306 e. The molecule has 0 aliphatic rings. The van der Waals surface area contributed by atoms with E-state index in [0.717, 1.165) is 16.6 Å². The van der Waals surface area contributed by atoms with Gasteiger partial charge in [-0.3, -0.25) is 9.78 Å². The van der Waals surface area contributed by atoms with E-state index >= 15 is 0 Å². The SMILES string of the molecule is Cc1cc(NC(=O)c2cccnc2)n(-c2ccc3ccccc3n2)n1. The lowest BCUT2D eigenvalue weighted by molar-refractivity contribution is 0.102. The van der Waals surface area contributed by atoms with Gasteiger partial charge in [-0.1, -0.05) is 18.2 Å². The molecule has 0 aliphatic carbocycles. The third-order valence-electron chi connectivity index (χ3n) is 3.80. The summed E-state index contributed by atoms with van der Waals surface area (Å²) in [6.45, 7) is 1.87. The van der Waals surface area contributed by atoms with Crippen molar-refractivity contribution in [1.29, 1.82) is 0 Å². The number of benzene rings is 1. The number of aromatic nitrogens is 4. The number of rotatable bonds is 3. The molecule has 3 aromatic heterocycles. The number of fused-ring (bicyclic) bond motifs is 1. The first-order valence-corrected chi connectivity index (χ1v) is 7.85. The molecule has 25 heavy (non-hydrogen) atoms. The van der Waals surface area contributed by atoms with Gasteiger partial charge in [-0.05, 0) is 37.3 Å². The molecule has 0 spiro atoms. The molecule has 3 heterocycles. The number of nitrogens with one attached hydrogen (secondary N) is 1. The lowest BCUT2D eigenvalue weighted by Crippen LogP contribution is -2.15. The molecular weight excluding hydrogens is 314 g/mol. The van der Waals surface area contributed by atoms with Gasteiger partial charge < -0.3 is 5.32 Å². The molecule has 1 amide bonds. The van der Waals surface area contributed by atoms with Crippen molar-refractivity contribution in [2.24, 2.45) is 0 Å².